The van der Waals surface area contributed by atoms with Crippen LogP contribution in [0.15, 0.2) is 83.2 Å². The molecule has 0 spiro atoms. The van der Waals surface area contributed by atoms with Crippen LogP contribution in [0.1, 0.15) is 0 Å². The standard InChI is InChI=1S/C20H14ClN3O3S2/c21-14-7-9-17(10-8-14)29(25,26)27-16-5-3-4-15(12-16)23-20-24-19(13-28-20)18-6-1-2-11-22-18/h1-13H,(H,23,24). The number of hydrogen-bond donors (Lipinski definition) is 1. The van der Waals surface area contributed by atoms with Gasteiger partial charge in [-0.05, 0) is 48.5 Å². The number of nitrogens with one attached hydrogen (secondary N) is 1. The maximum Gasteiger partial charge on any atom is 0.339 e. The lowest BCUT2D eigenvalue weighted by molar-refractivity contribution is 0.486. The summed E-state index contributed by atoms with van der Waals surface area (Å²) in [5, 5.41) is 6.16. The van der Waals surface area contributed by atoms with Crippen molar-refractivity contribution < 1.29 is 12.6 Å². The van der Waals surface area contributed by atoms with Crippen LogP contribution in [0.4, 0.5) is 10.8 Å². The quantitative estimate of drug-likeness (QED) is 0.403. The number of benzene rings is 2. The normalized spacial score (nSPS) is 11.2. The first-order valence-corrected chi connectivity index (χ1v) is 11.1. The molecule has 0 saturated carbocycles. The molecule has 0 radical (unpaired) electrons. The number of anilines is 2. The van der Waals surface area contributed by atoms with E-state index in [0.717, 1.165) is 11.4 Å². The smallest absolute Gasteiger partial charge is 0.339 e. The van der Waals surface area contributed by atoms with Gasteiger partial charge in [-0.3, -0.25) is 4.98 Å². The van der Waals surface area contributed by atoms with Crippen molar-refractivity contribution in [1.82, 2.24) is 9.97 Å². The van der Waals surface area contributed by atoms with Crippen molar-refractivity contribution in [3.63, 3.8) is 0 Å². The summed E-state index contributed by atoms with van der Waals surface area (Å²) in [6.07, 6.45) is 1.71. The molecule has 0 unspecified atom stereocenters. The molecule has 2 heterocycles. The zero-order valence-electron chi connectivity index (χ0n) is 14.8. The molecule has 146 valence electrons. The lowest BCUT2D eigenvalue weighted by Gasteiger charge is -2.09. The van der Waals surface area contributed by atoms with Gasteiger partial charge < -0.3 is 9.50 Å². The number of aromatic nitrogens is 2. The van der Waals surface area contributed by atoms with E-state index in [2.05, 4.69) is 15.3 Å². The Morgan fingerprint density at radius 3 is 2.55 bits per heavy atom. The van der Waals surface area contributed by atoms with Crippen LogP contribution in [0, 0.1) is 0 Å². The van der Waals surface area contributed by atoms with Gasteiger partial charge in [-0.15, -0.1) is 11.3 Å². The minimum atomic E-state index is -3.96. The maximum absolute atomic E-state index is 12.4. The minimum absolute atomic E-state index is 0.0280. The molecule has 0 fully saturated rings. The monoisotopic (exact) mass is 443 g/mol. The lowest BCUT2D eigenvalue weighted by atomic mass is 10.3. The minimum Gasteiger partial charge on any atom is -0.379 e. The van der Waals surface area contributed by atoms with Gasteiger partial charge >= 0.3 is 10.1 Å². The molecule has 2 aromatic carbocycles. The van der Waals surface area contributed by atoms with Crippen molar-refractivity contribution in [2.45, 2.75) is 4.90 Å². The SMILES string of the molecule is O=S(=O)(Oc1cccc(Nc2nc(-c3ccccn3)cs2)c1)c1ccc(Cl)cc1. The van der Waals surface area contributed by atoms with Gasteiger partial charge in [0.2, 0.25) is 0 Å². The first-order chi connectivity index (χ1) is 14.0. The molecule has 0 amide bonds. The Balaban J connectivity index is 1.51. The first-order valence-electron chi connectivity index (χ1n) is 8.44. The third-order valence-corrected chi connectivity index (χ3v) is 6.10. The van der Waals surface area contributed by atoms with E-state index in [4.69, 9.17) is 15.8 Å². The van der Waals surface area contributed by atoms with E-state index in [0.29, 0.717) is 15.8 Å². The van der Waals surface area contributed by atoms with Gasteiger partial charge in [0, 0.05) is 28.4 Å². The molecule has 0 aliphatic heterocycles. The van der Waals surface area contributed by atoms with Crippen LogP contribution in [0.2, 0.25) is 5.02 Å². The summed E-state index contributed by atoms with van der Waals surface area (Å²) in [7, 11) is -3.96. The molecule has 0 aliphatic rings. The zero-order chi connectivity index (χ0) is 20.3. The number of rotatable bonds is 6. The van der Waals surface area contributed by atoms with Crippen molar-refractivity contribution >= 4 is 43.9 Å². The summed E-state index contributed by atoms with van der Waals surface area (Å²) in [6.45, 7) is 0. The highest BCUT2D eigenvalue weighted by molar-refractivity contribution is 7.87. The summed E-state index contributed by atoms with van der Waals surface area (Å²) in [4.78, 5) is 8.82. The van der Waals surface area contributed by atoms with Gasteiger partial charge in [0.15, 0.2) is 5.13 Å². The Morgan fingerprint density at radius 1 is 0.966 bits per heavy atom. The van der Waals surface area contributed by atoms with E-state index in [1.54, 1.807) is 30.5 Å². The second kappa shape index (κ2) is 8.20. The number of halogens is 1. The Morgan fingerprint density at radius 2 is 1.79 bits per heavy atom. The molecule has 29 heavy (non-hydrogen) atoms. The molecule has 0 aliphatic carbocycles. The molecule has 2 aromatic heterocycles. The second-order valence-corrected chi connectivity index (χ2v) is 8.74. The molecule has 0 saturated heterocycles. The van der Waals surface area contributed by atoms with Crippen molar-refractivity contribution in [2.24, 2.45) is 0 Å². The van der Waals surface area contributed by atoms with E-state index in [9.17, 15) is 8.42 Å². The summed E-state index contributed by atoms with van der Waals surface area (Å²) in [6, 6.07) is 18.1. The fraction of sp³-hybridized carbons (Fsp3) is 0. The van der Waals surface area contributed by atoms with Crippen LogP contribution in [-0.2, 0) is 10.1 Å². The molecule has 4 aromatic rings. The summed E-state index contributed by atoms with van der Waals surface area (Å²) >= 11 is 7.23. The summed E-state index contributed by atoms with van der Waals surface area (Å²) < 4.78 is 30.1. The van der Waals surface area contributed by atoms with Crippen molar-refractivity contribution in [1.29, 1.82) is 0 Å². The third-order valence-electron chi connectivity index (χ3n) is 3.83. The Kier molecular flexibility index (Phi) is 5.48. The average molecular weight is 444 g/mol. The number of hydrogen-bond acceptors (Lipinski definition) is 7. The van der Waals surface area contributed by atoms with Crippen LogP contribution in [0.3, 0.4) is 0 Å². The van der Waals surface area contributed by atoms with Crippen LogP contribution < -0.4 is 9.50 Å². The third kappa shape index (κ3) is 4.73. The van der Waals surface area contributed by atoms with Crippen molar-refractivity contribution in [3.05, 3.63) is 83.3 Å². The van der Waals surface area contributed by atoms with Crippen LogP contribution >= 0.6 is 22.9 Å². The predicted molar refractivity (Wildman–Crippen MR) is 114 cm³/mol. The molecule has 0 bridgehead atoms. The summed E-state index contributed by atoms with van der Waals surface area (Å²) in [5.74, 6) is 0.187. The van der Waals surface area contributed by atoms with Crippen molar-refractivity contribution in [3.8, 4) is 17.1 Å². The Hall–Kier alpha value is -2.94. The van der Waals surface area contributed by atoms with Gasteiger partial charge in [0.1, 0.15) is 16.3 Å². The second-order valence-electron chi connectivity index (χ2n) is 5.90. The maximum atomic E-state index is 12.4. The van der Waals surface area contributed by atoms with Gasteiger partial charge in [0.05, 0.1) is 5.69 Å². The van der Waals surface area contributed by atoms with E-state index >= 15 is 0 Å². The molecule has 6 nitrogen and oxygen atoms in total. The lowest BCUT2D eigenvalue weighted by Crippen LogP contribution is -2.09. The molecular formula is C20H14ClN3O3S2. The van der Waals surface area contributed by atoms with Crippen LogP contribution in [0.5, 0.6) is 5.75 Å². The Labute approximate surface area is 176 Å². The predicted octanol–water partition coefficient (Wildman–Crippen LogP) is 5.37. The van der Waals surface area contributed by atoms with Crippen LogP contribution in [-0.4, -0.2) is 18.4 Å². The Bertz CT molecular complexity index is 1230. The van der Waals surface area contributed by atoms with Crippen LogP contribution in [0.25, 0.3) is 11.4 Å². The average Bonchev–Trinajstić information content (AvgIpc) is 3.17. The van der Waals surface area contributed by atoms with E-state index < -0.39 is 10.1 Å². The highest BCUT2D eigenvalue weighted by Crippen LogP contribution is 2.28. The highest BCUT2D eigenvalue weighted by atomic mass is 35.5. The van der Waals surface area contributed by atoms with Gasteiger partial charge in [0.25, 0.3) is 0 Å². The van der Waals surface area contributed by atoms with Gasteiger partial charge in [-0.2, -0.15) is 8.42 Å². The first kappa shape index (κ1) is 19.4. The fourth-order valence-corrected chi connectivity index (χ4v) is 4.26. The van der Waals surface area contributed by atoms with E-state index in [1.165, 1.54) is 35.6 Å². The zero-order valence-corrected chi connectivity index (χ0v) is 17.2. The molecular weight excluding hydrogens is 430 g/mol. The fourth-order valence-electron chi connectivity index (χ4n) is 2.49. The highest BCUT2D eigenvalue weighted by Gasteiger charge is 2.17. The topological polar surface area (TPSA) is 81.2 Å². The van der Waals surface area contributed by atoms with Gasteiger partial charge in [-0.1, -0.05) is 23.7 Å². The molecule has 0 atom stereocenters. The molecule has 1 N–H and O–H groups in total. The van der Waals surface area contributed by atoms with Gasteiger partial charge in [-0.25, -0.2) is 4.98 Å². The number of nitrogens with zero attached hydrogens (tertiary/aromatic N) is 2. The largest absolute Gasteiger partial charge is 0.379 e. The van der Waals surface area contributed by atoms with Crippen molar-refractivity contribution in [2.75, 3.05) is 5.32 Å². The summed E-state index contributed by atoms with van der Waals surface area (Å²) in [5.41, 5.74) is 2.19. The number of pyridine rings is 1. The molecule has 4 rings (SSSR count). The van der Waals surface area contributed by atoms with E-state index in [1.807, 2.05) is 23.6 Å². The molecule has 9 heteroatoms. The van der Waals surface area contributed by atoms with E-state index in [-0.39, 0.29) is 10.6 Å². The number of thiazole rings is 1.